The van der Waals surface area contributed by atoms with Crippen LogP contribution in [-0.4, -0.2) is 8.07 Å². The van der Waals surface area contributed by atoms with Crippen molar-refractivity contribution in [2.75, 3.05) is 4.90 Å². The van der Waals surface area contributed by atoms with Crippen LogP contribution in [0.5, 0.6) is 0 Å². The summed E-state index contributed by atoms with van der Waals surface area (Å²) >= 11 is 3.83. The zero-order valence-electron chi connectivity index (χ0n) is 33.7. The third kappa shape index (κ3) is 4.23. The summed E-state index contributed by atoms with van der Waals surface area (Å²) in [6.07, 6.45) is 0. The average molecular weight is 828 g/mol. The van der Waals surface area contributed by atoms with E-state index in [2.05, 4.69) is 207 Å². The number of hydrogen-bond donors (Lipinski definition) is 0. The number of aryl methyl sites for hydroxylation is 2. The van der Waals surface area contributed by atoms with Crippen molar-refractivity contribution in [2.45, 2.75) is 29.1 Å². The molecule has 0 unspecified atom stereocenters. The summed E-state index contributed by atoms with van der Waals surface area (Å²) in [4.78, 5) is 5.28. The number of rotatable bonds is 1. The molecule has 0 aliphatic carbocycles. The fourth-order valence-corrected chi connectivity index (χ4v) is 19.8. The highest BCUT2D eigenvalue weighted by Gasteiger charge is 2.55. The summed E-state index contributed by atoms with van der Waals surface area (Å²) in [6, 6.07) is 73.0. The molecule has 5 heterocycles. The smallest absolute Gasteiger partial charge is 0.182 e. The van der Waals surface area contributed by atoms with Gasteiger partial charge in [0.2, 0.25) is 0 Å². The van der Waals surface area contributed by atoms with E-state index in [0.717, 1.165) is 0 Å². The lowest BCUT2D eigenvalue weighted by Crippen LogP contribution is -2.70. The lowest BCUT2D eigenvalue weighted by atomic mass is 9.61. The Kier molecular flexibility index (Phi) is 6.81. The highest BCUT2D eigenvalue weighted by atomic mass is 32.2. The molecule has 4 heteroatoms. The Morgan fingerprint density at radius 2 is 0.984 bits per heavy atom. The molecule has 0 N–H and O–H groups in total. The molecule has 0 amide bonds. The van der Waals surface area contributed by atoms with E-state index >= 15 is 0 Å². The van der Waals surface area contributed by atoms with Crippen LogP contribution in [0.3, 0.4) is 0 Å². The summed E-state index contributed by atoms with van der Waals surface area (Å²) in [5, 5.41) is 8.65. The third-order valence-corrected chi connectivity index (χ3v) is 21.5. The van der Waals surface area contributed by atoms with Gasteiger partial charge in [-0.3, -0.25) is 0 Å². The average Bonchev–Trinajstić information content (AvgIpc) is 3.92. The van der Waals surface area contributed by atoms with E-state index < -0.39 is 13.5 Å². The van der Waals surface area contributed by atoms with Crippen LogP contribution < -0.4 is 25.6 Å². The first-order valence-corrected chi connectivity index (χ1v) is 24.9. The summed E-state index contributed by atoms with van der Waals surface area (Å²) < 4.78 is 2.64. The van der Waals surface area contributed by atoms with E-state index in [4.69, 9.17) is 0 Å². The maximum atomic E-state index is 2.63. The highest BCUT2D eigenvalue weighted by Crippen LogP contribution is 2.64. The molecule has 0 saturated carbocycles. The molecule has 4 aliphatic rings. The zero-order valence-corrected chi connectivity index (χ0v) is 36.3. The van der Waals surface area contributed by atoms with Gasteiger partial charge in [0, 0.05) is 35.7 Å². The van der Waals surface area contributed by atoms with Crippen LogP contribution in [0, 0.1) is 13.8 Å². The van der Waals surface area contributed by atoms with E-state index in [9.17, 15) is 0 Å². The largest absolute Gasteiger partial charge is 0.310 e. The van der Waals surface area contributed by atoms with Gasteiger partial charge in [0.15, 0.2) is 8.07 Å². The van der Waals surface area contributed by atoms with Crippen LogP contribution in [0.4, 0.5) is 17.1 Å². The minimum Gasteiger partial charge on any atom is -0.310 e. The Morgan fingerprint density at radius 3 is 1.66 bits per heavy atom. The maximum absolute atomic E-state index is 2.67. The van der Waals surface area contributed by atoms with Gasteiger partial charge in [0.1, 0.15) is 0 Å². The number of para-hydroxylation sites is 1. The molecule has 9 aromatic carbocycles. The predicted octanol–water partition coefficient (Wildman–Crippen LogP) is 12.6. The van der Waals surface area contributed by atoms with E-state index in [1.54, 1.807) is 0 Å². The number of anilines is 3. The van der Waals surface area contributed by atoms with Gasteiger partial charge in [-0.15, -0.1) is 11.3 Å². The molecule has 2 spiro atoms. The van der Waals surface area contributed by atoms with Crippen LogP contribution in [0.1, 0.15) is 33.4 Å². The minimum atomic E-state index is -2.67. The van der Waals surface area contributed by atoms with Crippen LogP contribution >= 0.6 is 23.1 Å². The molecule has 0 fully saturated rings. The van der Waals surface area contributed by atoms with Crippen molar-refractivity contribution < 1.29 is 0 Å². The summed E-state index contributed by atoms with van der Waals surface area (Å²) in [6.45, 7) is 4.51. The standard InChI is InChI=1S/C57H37NS2Si/c1-34-23-27-50-45(29-34)57(46-30-35(2)24-28-51(46)60-50)43-17-7-8-18-47(43)58(48-33-52-42(32-44(48)57)37-13-3-9-19-49(37)59-52)36-25-26-41-40-16-6-12-22-55(40)61(56(41)31-36)53-20-10-4-14-38(53)39-15-5-11-21-54(39)61/h3-33H,1-2H3. The van der Waals surface area contributed by atoms with Gasteiger partial charge in [0.25, 0.3) is 0 Å². The SMILES string of the molecule is Cc1ccc2c(c1)C1(c3cc(C)ccc3S2)c2ccccc2N(c2ccc3c(c2)[Si]2(c4ccccc4-c4ccccc42)c2ccccc2-3)c2cc3sc4ccccc4c3cc21. The van der Waals surface area contributed by atoms with Crippen molar-refractivity contribution in [3.05, 3.63) is 221 Å². The van der Waals surface area contributed by atoms with Crippen LogP contribution in [-0.2, 0) is 5.41 Å². The van der Waals surface area contributed by atoms with Crippen LogP contribution in [0.15, 0.2) is 198 Å². The first-order valence-electron chi connectivity index (χ1n) is 21.2. The maximum Gasteiger partial charge on any atom is 0.182 e. The normalized spacial score (nSPS) is 15.2. The fraction of sp³-hybridized carbons (Fsp3) is 0.0526. The first kappa shape index (κ1) is 34.3. The van der Waals surface area contributed by atoms with Crippen molar-refractivity contribution in [1.29, 1.82) is 0 Å². The Hall–Kier alpha value is -6.43. The molecule has 0 radical (unpaired) electrons. The summed E-state index contributed by atoms with van der Waals surface area (Å²) in [5.74, 6) is 0. The van der Waals surface area contributed by atoms with Crippen molar-refractivity contribution in [2.24, 2.45) is 0 Å². The van der Waals surface area contributed by atoms with Gasteiger partial charge in [0.05, 0.1) is 16.8 Å². The second-order valence-corrected chi connectivity index (χ2v) is 23.1. The topological polar surface area (TPSA) is 3.24 Å². The summed E-state index contributed by atoms with van der Waals surface area (Å²) in [5.41, 5.74) is 16.7. The van der Waals surface area contributed by atoms with E-state index in [1.165, 1.54) is 123 Å². The van der Waals surface area contributed by atoms with Crippen molar-refractivity contribution in [1.82, 2.24) is 0 Å². The number of benzene rings is 9. The number of nitrogens with zero attached hydrogens (tertiary/aromatic N) is 1. The zero-order chi connectivity index (χ0) is 40.2. The van der Waals surface area contributed by atoms with E-state index in [-0.39, 0.29) is 0 Å². The lowest BCUT2D eigenvalue weighted by molar-refractivity contribution is 0.691. The molecular weight excluding hydrogens is 791 g/mol. The Morgan fingerprint density at radius 1 is 0.410 bits per heavy atom. The molecule has 1 nitrogen and oxygen atoms in total. The quantitative estimate of drug-likeness (QED) is 0.152. The Labute approximate surface area is 364 Å². The van der Waals surface area contributed by atoms with Crippen LogP contribution in [0.2, 0.25) is 0 Å². The number of fused-ring (bicyclic) bond motifs is 21. The fourth-order valence-electron chi connectivity index (χ4n) is 11.9. The lowest BCUT2D eigenvalue weighted by Gasteiger charge is -2.49. The molecular formula is C57H37NS2Si. The minimum absolute atomic E-state index is 0.542. The third-order valence-electron chi connectivity index (χ3n) is 14.2. The van der Waals surface area contributed by atoms with Gasteiger partial charge in [-0.1, -0.05) is 162 Å². The molecule has 0 atom stereocenters. The second kappa shape index (κ2) is 12.1. The highest BCUT2D eigenvalue weighted by molar-refractivity contribution is 7.99. The number of thiophene rings is 1. The van der Waals surface area contributed by atoms with E-state index in [1.807, 2.05) is 23.1 Å². The predicted molar refractivity (Wildman–Crippen MR) is 261 cm³/mol. The second-order valence-electron chi connectivity index (χ2n) is 17.3. The molecule has 4 aliphatic heterocycles. The molecule has 0 saturated heterocycles. The monoisotopic (exact) mass is 827 g/mol. The molecule has 0 bridgehead atoms. The van der Waals surface area contributed by atoms with Crippen molar-refractivity contribution in [3.63, 3.8) is 0 Å². The Balaban J connectivity index is 1.12. The van der Waals surface area contributed by atoms with Gasteiger partial charge in [-0.25, -0.2) is 0 Å². The Bertz CT molecular complexity index is 3460. The number of hydrogen-bond acceptors (Lipinski definition) is 3. The molecule has 61 heavy (non-hydrogen) atoms. The molecule has 286 valence electrons. The van der Waals surface area contributed by atoms with Gasteiger partial charge < -0.3 is 4.90 Å². The molecule has 10 aromatic rings. The van der Waals surface area contributed by atoms with Gasteiger partial charge in [-0.2, -0.15) is 0 Å². The summed E-state index contributed by atoms with van der Waals surface area (Å²) in [7, 11) is -2.67. The molecule has 1 aromatic heterocycles. The van der Waals surface area contributed by atoms with Crippen molar-refractivity contribution >= 4 is 89.2 Å². The van der Waals surface area contributed by atoms with E-state index in [0.29, 0.717) is 0 Å². The first-order chi connectivity index (χ1) is 30.0. The van der Waals surface area contributed by atoms with Crippen molar-refractivity contribution in [3.8, 4) is 22.3 Å². The van der Waals surface area contributed by atoms with Crippen LogP contribution in [0.25, 0.3) is 42.4 Å². The molecule has 14 rings (SSSR count). The van der Waals surface area contributed by atoms with Gasteiger partial charge >= 0.3 is 0 Å². The van der Waals surface area contributed by atoms with Gasteiger partial charge in [-0.05, 0) is 128 Å².